The van der Waals surface area contributed by atoms with Crippen molar-refractivity contribution in [3.8, 4) is 0 Å². The molecule has 0 spiro atoms. The first kappa shape index (κ1) is 21.6. The zero-order chi connectivity index (χ0) is 21.1. The Morgan fingerprint density at radius 1 is 1.21 bits per heavy atom. The molecule has 0 aliphatic carbocycles. The van der Waals surface area contributed by atoms with Gasteiger partial charge < -0.3 is 9.64 Å². The molecule has 2 heterocycles. The first-order valence-electron chi connectivity index (χ1n) is 9.93. The molecule has 1 amide bonds. The first-order chi connectivity index (χ1) is 13.8. The lowest BCUT2D eigenvalue weighted by Crippen LogP contribution is -2.48. The van der Waals surface area contributed by atoms with Crippen LogP contribution in [0.1, 0.15) is 36.2 Å². The Balaban J connectivity index is 1.73. The summed E-state index contributed by atoms with van der Waals surface area (Å²) < 4.78 is 7.25. The van der Waals surface area contributed by atoms with Crippen LogP contribution >= 0.6 is 11.8 Å². The molecule has 3 rings (SSSR count). The fraction of sp³-hybridized carbons (Fsp3) is 0.500. The number of nitrogens with zero attached hydrogens (tertiary/aromatic N) is 3. The molecule has 1 aliphatic rings. The number of amides is 1. The van der Waals surface area contributed by atoms with Crippen molar-refractivity contribution in [3.63, 3.8) is 0 Å². The zero-order valence-corrected chi connectivity index (χ0v) is 18.6. The van der Waals surface area contributed by atoms with E-state index in [1.165, 1.54) is 11.8 Å². The smallest absolute Gasteiger partial charge is 0.257 e. The van der Waals surface area contributed by atoms with Crippen LogP contribution in [0, 0.1) is 13.8 Å². The number of carbonyl (C=O) groups excluding carboxylic acids is 1. The number of thioether (sulfide) groups is 1. The van der Waals surface area contributed by atoms with Gasteiger partial charge in [-0.2, -0.15) is 0 Å². The molecule has 1 aromatic carbocycles. The number of aromatic nitrogens is 2. The van der Waals surface area contributed by atoms with Gasteiger partial charge in [0.05, 0.1) is 18.0 Å². The van der Waals surface area contributed by atoms with E-state index in [9.17, 15) is 9.59 Å². The Morgan fingerprint density at radius 3 is 2.52 bits per heavy atom. The minimum absolute atomic E-state index is 0.0400. The maximum Gasteiger partial charge on any atom is 0.257 e. The zero-order valence-electron chi connectivity index (χ0n) is 17.8. The Hall–Kier alpha value is -2.12. The normalized spacial score (nSPS) is 19.4. The minimum atomic E-state index is -0.0516. The van der Waals surface area contributed by atoms with E-state index in [1.807, 2.05) is 56.9 Å². The highest BCUT2D eigenvalue weighted by Crippen LogP contribution is 2.19. The lowest BCUT2D eigenvalue weighted by atomic mass is 10.0. The molecule has 29 heavy (non-hydrogen) atoms. The van der Waals surface area contributed by atoms with Crippen molar-refractivity contribution in [1.82, 2.24) is 14.5 Å². The summed E-state index contributed by atoms with van der Waals surface area (Å²) in [6.45, 7) is 9.07. The monoisotopic (exact) mass is 415 g/mol. The minimum Gasteiger partial charge on any atom is -0.372 e. The summed E-state index contributed by atoms with van der Waals surface area (Å²) >= 11 is 1.32. The van der Waals surface area contributed by atoms with Gasteiger partial charge in [-0.05, 0) is 38.8 Å². The number of hydrogen-bond acceptors (Lipinski definition) is 5. The van der Waals surface area contributed by atoms with Crippen LogP contribution in [0.25, 0.3) is 0 Å². The summed E-state index contributed by atoms with van der Waals surface area (Å²) in [7, 11) is 1.72. The molecular formula is C22H29N3O3S. The van der Waals surface area contributed by atoms with Crippen molar-refractivity contribution >= 4 is 17.7 Å². The van der Waals surface area contributed by atoms with Gasteiger partial charge in [-0.3, -0.25) is 14.2 Å². The van der Waals surface area contributed by atoms with Crippen molar-refractivity contribution in [2.75, 3.05) is 18.8 Å². The van der Waals surface area contributed by atoms with Gasteiger partial charge in [0, 0.05) is 37.8 Å². The maximum atomic E-state index is 13.0. The molecule has 1 fully saturated rings. The van der Waals surface area contributed by atoms with Crippen LogP contribution in [0.2, 0.25) is 0 Å². The van der Waals surface area contributed by atoms with Crippen LogP contribution in [0.3, 0.4) is 0 Å². The molecule has 1 aromatic heterocycles. The standard InChI is InChI=1S/C22H29N3O3S/c1-14-8-6-7-9-18(14)10-19-17(4)23-22(24(5)21(19)27)29-13-20(26)25-11-15(2)28-16(3)12-25/h6-9,15-16H,10-13H2,1-5H3. The molecule has 2 aromatic rings. The van der Waals surface area contributed by atoms with Crippen LogP contribution < -0.4 is 5.56 Å². The molecule has 2 atom stereocenters. The number of aryl methyl sites for hydroxylation is 2. The summed E-state index contributed by atoms with van der Waals surface area (Å²) in [5, 5.41) is 0.573. The topological polar surface area (TPSA) is 64.4 Å². The largest absolute Gasteiger partial charge is 0.372 e. The lowest BCUT2D eigenvalue weighted by Gasteiger charge is -2.35. The van der Waals surface area contributed by atoms with Crippen molar-refractivity contribution in [2.45, 2.75) is 51.5 Å². The Labute approximate surface area is 176 Å². The fourth-order valence-corrected chi connectivity index (χ4v) is 4.57. The lowest BCUT2D eigenvalue weighted by molar-refractivity contribution is -0.140. The van der Waals surface area contributed by atoms with Crippen molar-refractivity contribution in [1.29, 1.82) is 0 Å². The van der Waals surface area contributed by atoms with E-state index in [2.05, 4.69) is 4.98 Å². The second-order valence-corrected chi connectivity index (χ2v) is 8.71. The molecular weight excluding hydrogens is 386 g/mol. The summed E-state index contributed by atoms with van der Waals surface area (Å²) in [6, 6.07) is 8.07. The summed E-state index contributed by atoms with van der Waals surface area (Å²) in [6.07, 6.45) is 0.641. The molecule has 7 heteroatoms. The SMILES string of the molecule is Cc1ccccc1Cc1c(C)nc(SCC(=O)N2CC(C)OC(C)C2)n(C)c1=O. The summed E-state index contributed by atoms with van der Waals surface area (Å²) in [5.74, 6) is 0.309. The first-order valence-corrected chi connectivity index (χ1v) is 10.9. The van der Waals surface area contributed by atoms with E-state index in [1.54, 1.807) is 11.6 Å². The highest BCUT2D eigenvalue weighted by Gasteiger charge is 2.26. The number of hydrogen-bond donors (Lipinski definition) is 0. The third-order valence-electron chi connectivity index (χ3n) is 5.28. The second kappa shape index (κ2) is 9.13. The highest BCUT2D eigenvalue weighted by atomic mass is 32.2. The molecule has 0 bridgehead atoms. The van der Waals surface area contributed by atoms with E-state index in [0.717, 1.165) is 16.8 Å². The molecule has 0 N–H and O–H groups in total. The van der Waals surface area contributed by atoms with Crippen molar-refractivity contribution < 1.29 is 9.53 Å². The molecule has 6 nitrogen and oxygen atoms in total. The second-order valence-electron chi connectivity index (χ2n) is 7.77. The fourth-order valence-electron chi connectivity index (χ4n) is 3.66. The van der Waals surface area contributed by atoms with E-state index in [-0.39, 0.29) is 29.4 Å². The third kappa shape index (κ3) is 5.08. The number of ether oxygens (including phenoxy) is 1. The van der Waals surface area contributed by atoms with Crippen LogP contribution in [-0.2, 0) is 23.0 Å². The molecule has 1 saturated heterocycles. The molecule has 0 saturated carbocycles. The molecule has 156 valence electrons. The van der Waals surface area contributed by atoms with Crippen LogP contribution in [0.15, 0.2) is 34.2 Å². The van der Waals surface area contributed by atoms with E-state index in [0.29, 0.717) is 30.2 Å². The molecule has 0 radical (unpaired) electrons. The number of carbonyl (C=O) groups is 1. The van der Waals surface area contributed by atoms with Gasteiger partial charge in [0.2, 0.25) is 5.91 Å². The summed E-state index contributed by atoms with van der Waals surface area (Å²) in [4.78, 5) is 32.1. The Morgan fingerprint density at radius 2 is 1.86 bits per heavy atom. The Bertz CT molecular complexity index is 947. The third-order valence-corrected chi connectivity index (χ3v) is 6.29. The van der Waals surface area contributed by atoms with Crippen LogP contribution in [0.5, 0.6) is 0 Å². The molecule has 2 unspecified atom stereocenters. The van der Waals surface area contributed by atoms with Crippen molar-refractivity contribution in [3.05, 3.63) is 57.0 Å². The predicted molar refractivity (Wildman–Crippen MR) is 116 cm³/mol. The van der Waals surface area contributed by atoms with Gasteiger partial charge in [0.15, 0.2) is 5.16 Å². The predicted octanol–water partition coefficient (Wildman–Crippen LogP) is 2.72. The van der Waals surface area contributed by atoms with E-state index in [4.69, 9.17) is 4.74 Å². The summed E-state index contributed by atoms with van der Waals surface area (Å²) in [5.41, 5.74) is 3.66. The quantitative estimate of drug-likeness (QED) is 0.555. The highest BCUT2D eigenvalue weighted by molar-refractivity contribution is 7.99. The number of benzene rings is 1. The molecule has 1 aliphatic heterocycles. The van der Waals surface area contributed by atoms with E-state index < -0.39 is 0 Å². The van der Waals surface area contributed by atoms with Crippen LogP contribution in [-0.4, -0.2) is 51.4 Å². The van der Waals surface area contributed by atoms with Crippen molar-refractivity contribution in [2.24, 2.45) is 7.05 Å². The average molecular weight is 416 g/mol. The van der Waals surface area contributed by atoms with Gasteiger partial charge in [-0.25, -0.2) is 4.98 Å². The van der Waals surface area contributed by atoms with Gasteiger partial charge in [0.25, 0.3) is 5.56 Å². The van der Waals surface area contributed by atoms with Gasteiger partial charge in [-0.15, -0.1) is 0 Å². The Kier molecular flexibility index (Phi) is 6.80. The number of morpholine rings is 1. The van der Waals surface area contributed by atoms with Gasteiger partial charge in [0.1, 0.15) is 0 Å². The van der Waals surface area contributed by atoms with Gasteiger partial charge >= 0.3 is 0 Å². The number of rotatable bonds is 5. The maximum absolute atomic E-state index is 13.0. The van der Waals surface area contributed by atoms with Crippen LogP contribution in [0.4, 0.5) is 0 Å². The van der Waals surface area contributed by atoms with E-state index >= 15 is 0 Å². The van der Waals surface area contributed by atoms with Gasteiger partial charge in [-0.1, -0.05) is 36.0 Å². The average Bonchev–Trinajstić information content (AvgIpc) is 2.67.